The van der Waals surface area contributed by atoms with Crippen molar-refractivity contribution in [2.45, 2.75) is 38.0 Å². The van der Waals surface area contributed by atoms with E-state index in [0.717, 1.165) is 31.6 Å². The summed E-state index contributed by atoms with van der Waals surface area (Å²) in [5.74, 6) is 0. The van der Waals surface area contributed by atoms with E-state index in [2.05, 4.69) is 48.9 Å². The molecule has 0 saturated carbocycles. The van der Waals surface area contributed by atoms with E-state index in [0.29, 0.717) is 0 Å². The number of piperazine rings is 1. The number of benzene rings is 1. The van der Waals surface area contributed by atoms with Crippen molar-refractivity contribution in [3.05, 3.63) is 35.4 Å². The highest BCUT2D eigenvalue weighted by Crippen LogP contribution is 2.36. The second-order valence-electron chi connectivity index (χ2n) is 6.62. The molecule has 19 heavy (non-hydrogen) atoms. The van der Waals surface area contributed by atoms with Gasteiger partial charge in [-0.3, -0.25) is 9.80 Å². The van der Waals surface area contributed by atoms with Crippen LogP contribution in [0.3, 0.4) is 0 Å². The zero-order chi connectivity index (χ0) is 13.6. The Kier molecular flexibility index (Phi) is 3.16. The Morgan fingerprint density at radius 3 is 2.63 bits per heavy atom. The third-order valence-electron chi connectivity index (χ3n) is 4.98. The van der Waals surface area contributed by atoms with Crippen LogP contribution in [0.2, 0.25) is 0 Å². The monoisotopic (exact) mass is 260 g/mol. The molecule has 1 saturated heterocycles. The van der Waals surface area contributed by atoms with Gasteiger partial charge in [0.05, 0.1) is 6.10 Å². The van der Waals surface area contributed by atoms with E-state index in [1.165, 1.54) is 5.56 Å². The molecule has 2 unspecified atom stereocenters. The van der Waals surface area contributed by atoms with Crippen molar-refractivity contribution in [2.75, 3.05) is 26.7 Å². The first-order valence-electron chi connectivity index (χ1n) is 7.20. The minimum absolute atomic E-state index is 0.187. The van der Waals surface area contributed by atoms with Crippen LogP contribution in [0.1, 0.15) is 31.1 Å². The topological polar surface area (TPSA) is 26.7 Å². The summed E-state index contributed by atoms with van der Waals surface area (Å²) in [6.45, 7) is 7.72. The first kappa shape index (κ1) is 13.1. The molecule has 3 heteroatoms. The van der Waals surface area contributed by atoms with Crippen LogP contribution >= 0.6 is 0 Å². The van der Waals surface area contributed by atoms with Crippen molar-refractivity contribution in [3.8, 4) is 0 Å². The van der Waals surface area contributed by atoms with E-state index in [-0.39, 0.29) is 17.7 Å². The number of aliphatic hydroxyl groups excluding tert-OH is 1. The molecule has 3 rings (SSSR count). The summed E-state index contributed by atoms with van der Waals surface area (Å²) in [7, 11) is 2.19. The molecule has 0 bridgehead atoms. The van der Waals surface area contributed by atoms with Gasteiger partial charge in [-0.05, 0) is 38.4 Å². The molecule has 0 spiro atoms. The summed E-state index contributed by atoms with van der Waals surface area (Å²) in [5.41, 5.74) is 2.63. The summed E-state index contributed by atoms with van der Waals surface area (Å²) >= 11 is 0. The van der Waals surface area contributed by atoms with Crippen molar-refractivity contribution in [1.82, 2.24) is 9.80 Å². The van der Waals surface area contributed by atoms with Gasteiger partial charge in [-0.25, -0.2) is 0 Å². The van der Waals surface area contributed by atoms with Gasteiger partial charge in [-0.1, -0.05) is 24.3 Å². The van der Waals surface area contributed by atoms with Crippen LogP contribution in [0.25, 0.3) is 0 Å². The number of fused-ring (bicyclic) bond motifs is 1. The fourth-order valence-electron chi connectivity index (χ4n) is 3.44. The molecule has 0 amide bonds. The van der Waals surface area contributed by atoms with Gasteiger partial charge >= 0.3 is 0 Å². The fourth-order valence-corrected chi connectivity index (χ4v) is 3.44. The molecular weight excluding hydrogens is 236 g/mol. The SMILES string of the molecule is CN1CCN(C2Cc3ccccc3C2O)CC1(C)C. The second kappa shape index (κ2) is 4.58. The Labute approximate surface area is 115 Å². The zero-order valence-corrected chi connectivity index (χ0v) is 12.1. The zero-order valence-electron chi connectivity index (χ0n) is 12.1. The lowest BCUT2D eigenvalue weighted by Gasteiger charge is -2.48. The van der Waals surface area contributed by atoms with Gasteiger partial charge < -0.3 is 5.11 Å². The van der Waals surface area contributed by atoms with Crippen LogP contribution in [0.15, 0.2) is 24.3 Å². The predicted octanol–water partition coefficient (Wildman–Crippen LogP) is 1.67. The number of hydrogen-bond acceptors (Lipinski definition) is 3. The quantitative estimate of drug-likeness (QED) is 0.832. The van der Waals surface area contributed by atoms with Crippen molar-refractivity contribution in [3.63, 3.8) is 0 Å². The average molecular weight is 260 g/mol. The average Bonchev–Trinajstić information content (AvgIpc) is 2.71. The van der Waals surface area contributed by atoms with E-state index < -0.39 is 0 Å². The van der Waals surface area contributed by atoms with E-state index in [1.54, 1.807) is 0 Å². The van der Waals surface area contributed by atoms with Crippen LogP contribution in [0.4, 0.5) is 0 Å². The molecule has 1 aromatic carbocycles. The molecule has 1 aromatic rings. The fraction of sp³-hybridized carbons (Fsp3) is 0.625. The number of nitrogens with zero attached hydrogens (tertiary/aromatic N) is 2. The van der Waals surface area contributed by atoms with Crippen LogP contribution in [0, 0.1) is 0 Å². The van der Waals surface area contributed by atoms with Crippen LogP contribution < -0.4 is 0 Å². The van der Waals surface area contributed by atoms with Gasteiger partial charge in [0.15, 0.2) is 0 Å². The minimum Gasteiger partial charge on any atom is -0.387 e. The first-order chi connectivity index (χ1) is 8.99. The molecule has 3 nitrogen and oxygen atoms in total. The second-order valence-corrected chi connectivity index (χ2v) is 6.62. The van der Waals surface area contributed by atoms with Gasteiger partial charge in [0.1, 0.15) is 0 Å². The van der Waals surface area contributed by atoms with E-state index in [4.69, 9.17) is 0 Å². The molecule has 1 aliphatic carbocycles. The maximum absolute atomic E-state index is 10.6. The maximum atomic E-state index is 10.6. The standard InChI is InChI=1S/C16H24N2O/c1-16(2)11-18(9-8-17(16)3)14-10-12-6-4-5-7-13(12)15(14)19/h4-7,14-15,19H,8-11H2,1-3H3. The lowest BCUT2D eigenvalue weighted by Crippen LogP contribution is -2.60. The maximum Gasteiger partial charge on any atom is 0.0951 e. The Balaban J connectivity index is 1.79. The number of aliphatic hydroxyl groups is 1. The smallest absolute Gasteiger partial charge is 0.0951 e. The lowest BCUT2D eigenvalue weighted by molar-refractivity contribution is -0.0181. The highest BCUT2D eigenvalue weighted by atomic mass is 16.3. The molecule has 2 aliphatic rings. The highest BCUT2D eigenvalue weighted by Gasteiger charge is 2.40. The molecule has 2 atom stereocenters. The lowest BCUT2D eigenvalue weighted by atomic mass is 9.97. The van der Waals surface area contributed by atoms with Crippen LogP contribution in [-0.4, -0.2) is 53.2 Å². The third kappa shape index (κ3) is 2.20. The summed E-state index contributed by atoms with van der Waals surface area (Å²) in [4.78, 5) is 4.89. The van der Waals surface area contributed by atoms with Gasteiger partial charge in [-0.2, -0.15) is 0 Å². The van der Waals surface area contributed by atoms with E-state index in [9.17, 15) is 5.11 Å². The molecule has 1 N–H and O–H groups in total. The van der Waals surface area contributed by atoms with Crippen LogP contribution in [0.5, 0.6) is 0 Å². The summed E-state index contributed by atoms with van der Waals surface area (Å²) in [6.07, 6.45) is 0.660. The van der Waals surface area contributed by atoms with E-state index >= 15 is 0 Å². The molecule has 1 aliphatic heterocycles. The Morgan fingerprint density at radius 1 is 1.21 bits per heavy atom. The van der Waals surface area contributed by atoms with Gasteiger partial charge in [0, 0.05) is 31.2 Å². The highest BCUT2D eigenvalue weighted by molar-refractivity contribution is 5.36. The number of hydrogen-bond donors (Lipinski definition) is 1. The largest absolute Gasteiger partial charge is 0.387 e. The molecule has 0 radical (unpaired) electrons. The normalized spacial score (nSPS) is 31.4. The van der Waals surface area contributed by atoms with Gasteiger partial charge in [0.25, 0.3) is 0 Å². The Morgan fingerprint density at radius 2 is 1.95 bits per heavy atom. The molecule has 0 aromatic heterocycles. The predicted molar refractivity (Wildman–Crippen MR) is 77.2 cm³/mol. The summed E-state index contributed by atoms with van der Waals surface area (Å²) in [5, 5.41) is 10.6. The molecule has 1 heterocycles. The Bertz CT molecular complexity index is 472. The van der Waals surface area contributed by atoms with Crippen molar-refractivity contribution < 1.29 is 5.11 Å². The van der Waals surface area contributed by atoms with Crippen molar-refractivity contribution >= 4 is 0 Å². The number of rotatable bonds is 1. The summed E-state index contributed by atoms with van der Waals surface area (Å²) < 4.78 is 0. The van der Waals surface area contributed by atoms with E-state index in [1.807, 2.05) is 6.07 Å². The van der Waals surface area contributed by atoms with Gasteiger partial charge in [0.2, 0.25) is 0 Å². The number of likely N-dealkylation sites (N-methyl/N-ethyl adjacent to an activating group) is 1. The molecule has 1 fully saturated rings. The van der Waals surface area contributed by atoms with Gasteiger partial charge in [-0.15, -0.1) is 0 Å². The van der Waals surface area contributed by atoms with Crippen molar-refractivity contribution in [2.24, 2.45) is 0 Å². The van der Waals surface area contributed by atoms with Crippen molar-refractivity contribution in [1.29, 1.82) is 0 Å². The molecule has 104 valence electrons. The summed E-state index contributed by atoms with van der Waals surface area (Å²) in [6, 6.07) is 8.58. The molecular formula is C16H24N2O. The third-order valence-corrected chi connectivity index (χ3v) is 4.98. The van der Waals surface area contributed by atoms with Crippen LogP contribution in [-0.2, 0) is 6.42 Å². The minimum atomic E-state index is -0.324. The Hall–Kier alpha value is -0.900. The first-order valence-corrected chi connectivity index (χ1v) is 7.20.